The molecule has 1 aromatic rings. The molecule has 0 saturated heterocycles. The number of hydrogen-bond acceptors (Lipinski definition) is 2. The first kappa shape index (κ1) is 11.6. The van der Waals surface area contributed by atoms with E-state index in [1.54, 1.807) is 6.92 Å². The average Bonchev–Trinajstić information content (AvgIpc) is 3.00. The smallest absolute Gasteiger partial charge is 0.160 e. The van der Waals surface area contributed by atoms with Crippen molar-refractivity contribution in [3.63, 3.8) is 0 Å². The summed E-state index contributed by atoms with van der Waals surface area (Å²) in [6, 6.07) is 5.94. The molecule has 2 nitrogen and oxygen atoms in total. The quantitative estimate of drug-likeness (QED) is 0.788. The Kier molecular flexibility index (Phi) is 3.33. The normalized spacial score (nSPS) is 14.9. The van der Waals surface area contributed by atoms with Crippen LogP contribution in [0.2, 0.25) is 0 Å². The van der Waals surface area contributed by atoms with E-state index in [1.807, 2.05) is 18.2 Å². The summed E-state index contributed by atoms with van der Waals surface area (Å²) in [5, 5.41) is 0. The molecular formula is C13H16BrNO. The second-order valence-corrected chi connectivity index (χ2v) is 5.40. The largest absolute Gasteiger partial charge is 0.374 e. The Morgan fingerprint density at radius 2 is 2.19 bits per heavy atom. The minimum absolute atomic E-state index is 0.100. The van der Waals surface area contributed by atoms with E-state index in [0.717, 1.165) is 22.5 Å². The highest BCUT2D eigenvalue weighted by molar-refractivity contribution is 9.10. The van der Waals surface area contributed by atoms with E-state index in [4.69, 9.17) is 0 Å². The topological polar surface area (TPSA) is 20.3 Å². The van der Waals surface area contributed by atoms with Crippen LogP contribution in [-0.4, -0.2) is 19.4 Å². The molecule has 16 heavy (non-hydrogen) atoms. The fraction of sp³-hybridized carbons (Fsp3) is 0.462. The van der Waals surface area contributed by atoms with Crippen molar-refractivity contribution in [3.05, 3.63) is 28.2 Å². The van der Waals surface area contributed by atoms with Crippen LogP contribution in [0.3, 0.4) is 0 Å². The Bertz CT molecular complexity index is 412. The number of rotatable bonds is 4. The Labute approximate surface area is 105 Å². The molecule has 1 aliphatic rings. The van der Waals surface area contributed by atoms with Crippen molar-refractivity contribution >= 4 is 27.4 Å². The minimum Gasteiger partial charge on any atom is -0.374 e. The van der Waals surface area contributed by atoms with Crippen LogP contribution >= 0.6 is 15.9 Å². The SMILES string of the molecule is CC(=O)c1ccc(N(C)CC2CC2)cc1Br. The Balaban J connectivity index is 2.15. The summed E-state index contributed by atoms with van der Waals surface area (Å²) >= 11 is 3.45. The van der Waals surface area contributed by atoms with Crippen LogP contribution in [0, 0.1) is 5.92 Å². The lowest BCUT2D eigenvalue weighted by Crippen LogP contribution is -2.19. The van der Waals surface area contributed by atoms with Crippen molar-refractivity contribution < 1.29 is 4.79 Å². The van der Waals surface area contributed by atoms with Crippen molar-refractivity contribution in [1.82, 2.24) is 0 Å². The van der Waals surface area contributed by atoms with Gasteiger partial charge in [0.1, 0.15) is 0 Å². The standard InChI is InChI=1S/C13H16BrNO/c1-9(16)12-6-5-11(7-13(12)14)15(2)8-10-3-4-10/h5-7,10H,3-4,8H2,1-2H3. The zero-order valence-corrected chi connectivity index (χ0v) is 11.3. The van der Waals surface area contributed by atoms with Crippen LogP contribution in [0.5, 0.6) is 0 Å². The third-order valence-corrected chi connectivity index (χ3v) is 3.66. The van der Waals surface area contributed by atoms with Crippen molar-refractivity contribution in [2.24, 2.45) is 5.92 Å². The predicted molar refractivity (Wildman–Crippen MR) is 70.1 cm³/mol. The third-order valence-electron chi connectivity index (χ3n) is 3.00. The summed E-state index contributed by atoms with van der Waals surface area (Å²) in [6.45, 7) is 2.71. The van der Waals surface area contributed by atoms with E-state index in [2.05, 4.69) is 27.9 Å². The molecule has 0 N–H and O–H groups in total. The van der Waals surface area contributed by atoms with E-state index >= 15 is 0 Å². The summed E-state index contributed by atoms with van der Waals surface area (Å²) in [6.07, 6.45) is 2.72. The number of nitrogens with zero attached hydrogens (tertiary/aromatic N) is 1. The van der Waals surface area contributed by atoms with Gasteiger partial charge in [0.25, 0.3) is 0 Å². The van der Waals surface area contributed by atoms with E-state index in [9.17, 15) is 4.79 Å². The molecule has 0 atom stereocenters. The zero-order chi connectivity index (χ0) is 11.7. The van der Waals surface area contributed by atoms with Crippen LogP contribution in [0.15, 0.2) is 22.7 Å². The van der Waals surface area contributed by atoms with Crippen molar-refractivity contribution in [1.29, 1.82) is 0 Å². The van der Waals surface area contributed by atoms with Crippen molar-refractivity contribution in [2.45, 2.75) is 19.8 Å². The number of benzene rings is 1. The van der Waals surface area contributed by atoms with Gasteiger partial charge in [-0.3, -0.25) is 4.79 Å². The molecule has 0 heterocycles. The van der Waals surface area contributed by atoms with Gasteiger partial charge in [0.05, 0.1) is 0 Å². The van der Waals surface area contributed by atoms with Gasteiger partial charge in [0.15, 0.2) is 5.78 Å². The summed E-state index contributed by atoms with van der Waals surface area (Å²) in [7, 11) is 2.10. The molecule has 0 aromatic heterocycles. The second kappa shape index (κ2) is 4.58. The van der Waals surface area contributed by atoms with Crippen LogP contribution in [-0.2, 0) is 0 Å². The monoisotopic (exact) mass is 281 g/mol. The first-order chi connectivity index (χ1) is 7.58. The molecular weight excluding hydrogens is 266 g/mol. The average molecular weight is 282 g/mol. The lowest BCUT2D eigenvalue weighted by atomic mass is 10.1. The number of halogens is 1. The molecule has 1 aromatic carbocycles. The molecule has 0 unspecified atom stereocenters. The van der Waals surface area contributed by atoms with E-state index in [0.29, 0.717) is 0 Å². The summed E-state index contributed by atoms with van der Waals surface area (Å²) in [5.74, 6) is 0.972. The van der Waals surface area contributed by atoms with Gasteiger partial charge in [-0.25, -0.2) is 0 Å². The second-order valence-electron chi connectivity index (χ2n) is 4.54. The zero-order valence-electron chi connectivity index (χ0n) is 9.66. The van der Waals surface area contributed by atoms with Gasteiger partial charge in [-0.15, -0.1) is 0 Å². The number of carbonyl (C=O) groups is 1. The number of anilines is 1. The maximum absolute atomic E-state index is 11.3. The molecule has 1 saturated carbocycles. The van der Waals surface area contributed by atoms with Gasteiger partial charge >= 0.3 is 0 Å². The number of hydrogen-bond donors (Lipinski definition) is 0. The van der Waals surface area contributed by atoms with Crippen LogP contribution in [0.4, 0.5) is 5.69 Å². The fourth-order valence-electron chi connectivity index (χ4n) is 1.82. The van der Waals surface area contributed by atoms with Gasteiger partial charge in [0, 0.05) is 29.3 Å². The molecule has 86 valence electrons. The number of ketones is 1. The summed E-state index contributed by atoms with van der Waals surface area (Å²) < 4.78 is 0.889. The molecule has 1 aliphatic carbocycles. The van der Waals surface area contributed by atoms with Crippen molar-refractivity contribution in [2.75, 3.05) is 18.5 Å². The predicted octanol–water partition coefficient (Wildman–Crippen LogP) is 3.50. The molecule has 0 aliphatic heterocycles. The number of Topliss-reactive ketones (excluding diaryl/α,β-unsaturated/α-hetero) is 1. The van der Waals surface area contributed by atoms with Crippen LogP contribution in [0.1, 0.15) is 30.1 Å². The van der Waals surface area contributed by atoms with Gasteiger partial charge in [-0.1, -0.05) is 0 Å². The fourth-order valence-corrected chi connectivity index (χ4v) is 2.47. The Hall–Kier alpha value is -0.830. The highest BCUT2D eigenvalue weighted by Crippen LogP contribution is 2.32. The first-order valence-electron chi connectivity index (χ1n) is 5.59. The van der Waals surface area contributed by atoms with E-state index in [1.165, 1.54) is 18.5 Å². The minimum atomic E-state index is 0.100. The van der Waals surface area contributed by atoms with Gasteiger partial charge in [-0.05, 0) is 59.8 Å². The lowest BCUT2D eigenvalue weighted by Gasteiger charge is -2.19. The first-order valence-corrected chi connectivity index (χ1v) is 6.39. The lowest BCUT2D eigenvalue weighted by molar-refractivity contribution is 0.101. The highest BCUT2D eigenvalue weighted by Gasteiger charge is 2.23. The molecule has 3 heteroatoms. The third kappa shape index (κ3) is 2.64. The van der Waals surface area contributed by atoms with Gasteiger partial charge < -0.3 is 4.90 Å². The maximum atomic E-state index is 11.3. The van der Waals surface area contributed by atoms with Crippen LogP contribution < -0.4 is 4.90 Å². The molecule has 0 radical (unpaired) electrons. The van der Waals surface area contributed by atoms with Gasteiger partial charge in [0.2, 0.25) is 0 Å². The molecule has 0 amide bonds. The number of carbonyl (C=O) groups excluding carboxylic acids is 1. The molecule has 0 bridgehead atoms. The van der Waals surface area contributed by atoms with Gasteiger partial charge in [-0.2, -0.15) is 0 Å². The molecule has 0 spiro atoms. The summed E-state index contributed by atoms with van der Waals surface area (Å²) in [5.41, 5.74) is 1.92. The summed E-state index contributed by atoms with van der Waals surface area (Å²) in [4.78, 5) is 13.5. The Morgan fingerprint density at radius 3 is 2.69 bits per heavy atom. The molecule has 2 rings (SSSR count). The highest BCUT2D eigenvalue weighted by atomic mass is 79.9. The Morgan fingerprint density at radius 1 is 1.50 bits per heavy atom. The molecule has 1 fully saturated rings. The van der Waals surface area contributed by atoms with E-state index in [-0.39, 0.29) is 5.78 Å². The van der Waals surface area contributed by atoms with E-state index < -0.39 is 0 Å². The maximum Gasteiger partial charge on any atom is 0.160 e. The van der Waals surface area contributed by atoms with Crippen molar-refractivity contribution in [3.8, 4) is 0 Å². The van der Waals surface area contributed by atoms with Crippen LogP contribution in [0.25, 0.3) is 0 Å².